The number of halogens is 2. The third kappa shape index (κ3) is 3.69. The van der Waals surface area contributed by atoms with Gasteiger partial charge in [0.05, 0.1) is 5.02 Å². The van der Waals surface area contributed by atoms with Gasteiger partial charge in [-0.25, -0.2) is 4.39 Å². The topological polar surface area (TPSA) is 12.0 Å². The average molecular weight is 270 g/mol. The monoisotopic (exact) mass is 269 g/mol. The Bertz CT molecular complexity index is 407. The lowest BCUT2D eigenvalue weighted by atomic mass is 9.75. The molecule has 1 aliphatic rings. The molecule has 1 N–H and O–H groups in total. The highest BCUT2D eigenvalue weighted by atomic mass is 35.5. The summed E-state index contributed by atoms with van der Waals surface area (Å²) >= 11 is 5.77. The first-order valence-electron chi connectivity index (χ1n) is 6.64. The Balaban J connectivity index is 1.83. The number of rotatable bonds is 3. The molecule has 1 aliphatic carbocycles. The van der Waals surface area contributed by atoms with Crippen LogP contribution < -0.4 is 5.32 Å². The molecule has 1 nitrogen and oxygen atoms in total. The van der Waals surface area contributed by atoms with Crippen LogP contribution in [0, 0.1) is 11.2 Å². The summed E-state index contributed by atoms with van der Waals surface area (Å²) in [6, 6.07) is 5.52. The maximum absolute atomic E-state index is 13.0. The van der Waals surface area contributed by atoms with Gasteiger partial charge in [0.1, 0.15) is 5.82 Å². The van der Waals surface area contributed by atoms with Crippen LogP contribution in [0.4, 0.5) is 4.39 Å². The standard InChI is InChI=1S/C15H21ClFN/c1-15(2)7-5-12(6-8-15)18-10-11-3-4-14(17)13(16)9-11/h3-4,9,12,18H,5-8,10H2,1-2H3. The van der Waals surface area contributed by atoms with E-state index in [-0.39, 0.29) is 10.8 Å². The molecule has 0 amide bonds. The molecule has 0 aromatic heterocycles. The van der Waals surface area contributed by atoms with E-state index in [9.17, 15) is 4.39 Å². The molecule has 1 fully saturated rings. The van der Waals surface area contributed by atoms with Gasteiger partial charge in [-0.3, -0.25) is 0 Å². The Morgan fingerprint density at radius 1 is 1.33 bits per heavy atom. The highest BCUT2D eigenvalue weighted by Crippen LogP contribution is 2.35. The number of hydrogen-bond donors (Lipinski definition) is 1. The minimum absolute atomic E-state index is 0.207. The molecule has 2 rings (SSSR count). The molecule has 0 saturated heterocycles. The van der Waals surface area contributed by atoms with Crippen LogP contribution >= 0.6 is 11.6 Å². The first-order valence-corrected chi connectivity index (χ1v) is 7.01. The van der Waals surface area contributed by atoms with E-state index in [1.165, 1.54) is 31.7 Å². The molecule has 0 heterocycles. The molecule has 0 atom stereocenters. The van der Waals surface area contributed by atoms with Gasteiger partial charge in [-0.05, 0) is 48.8 Å². The Morgan fingerprint density at radius 2 is 2.00 bits per heavy atom. The molecule has 0 radical (unpaired) electrons. The summed E-state index contributed by atoms with van der Waals surface area (Å²) in [6.07, 6.45) is 4.99. The van der Waals surface area contributed by atoms with Gasteiger partial charge >= 0.3 is 0 Å². The van der Waals surface area contributed by atoms with Crippen molar-refractivity contribution in [2.45, 2.75) is 52.1 Å². The average Bonchev–Trinajstić information content (AvgIpc) is 2.32. The maximum Gasteiger partial charge on any atom is 0.141 e. The molecule has 100 valence electrons. The predicted molar refractivity (Wildman–Crippen MR) is 74.3 cm³/mol. The van der Waals surface area contributed by atoms with Crippen molar-refractivity contribution in [2.75, 3.05) is 0 Å². The molecule has 1 aromatic carbocycles. The van der Waals surface area contributed by atoms with Crippen molar-refractivity contribution >= 4 is 11.6 Å². The summed E-state index contributed by atoms with van der Waals surface area (Å²) in [4.78, 5) is 0. The van der Waals surface area contributed by atoms with E-state index in [1.54, 1.807) is 12.1 Å². The predicted octanol–water partition coefficient (Wildman–Crippen LogP) is 4.54. The first kappa shape index (κ1) is 13.8. The Kier molecular flexibility index (Phi) is 4.29. The van der Waals surface area contributed by atoms with Gasteiger partial charge in [-0.15, -0.1) is 0 Å². The highest BCUT2D eigenvalue weighted by molar-refractivity contribution is 6.30. The van der Waals surface area contributed by atoms with Crippen LogP contribution in [0.1, 0.15) is 45.1 Å². The van der Waals surface area contributed by atoms with E-state index in [0.29, 0.717) is 11.5 Å². The van der Waals surface area contributed by atoms with Crippen LogP contribution in [0.3, 0.4) is 0 Å². The van der Waals surface area contributed by atoms with Crippen molar-refractivity contribution < 1.29 is 4.39 Å². The molecule has 18 heavy (non-hydrogen) atoms. The van der Waals surface area contributed by atoms with Crippen molar-refractivity contribution in [3.05, 3.63) is 34.6 Å². The summed E-state index contributed by atoms with van der Waals surface area (Å²) in [6.45, 7) is 5.44. The fourth-order valence-corrected chi connectivity index (χ4v) is 2.72. The largest absolute Gasteiger partial charge is 0.310 e. The maximum atomic E-state index is 13.0. The Morgan fingerprint density at radius 3 is 2.61 bits per heavy atom. The third-order valence-electron chi connectivity index (χ3n) is 3.92. The first-order chi connectivity index (χ1) is 8.46. The molecule has 3 heteroatoms. The molecule has 0 spiro atoms. The molecular formula is C15H21ClFN. The lowest BCUT2D eigenvalue weighted by Gasteiger charge is -2.34. The van der Waals surface area contributed by atoms with Crippen LogP contribution in [0.15, 0.2) is 18.2 Å². The van der Waals surface area contributed by atoms with Crippen molar-refractivity contribution in [1.82, 2.24) is 5.32 Å². The van der Waals surface area contributed by atoms with Gasteiger partial charge in [0.2, 0.25) is 0 Å². The van der Waals surface area contributed by atoms with Gasteiger partial charge in [-0.1, -0.05) is 31.5 Å². The van der Waals surface area contributed by atoms with Crippen LogP contribution in [0.2, 0.25) is 5.02 Å². The molecule has 0 aliphatic heterocycles. The van der Waals surface area contributed by atoms with E-state index in [1.807, 2.05) is 0 Å². The summed E-state index contributed by atoms with van der Waals surface area (Å²) < 4.78 is 13.0. The summed E-state index contributed by atoms with van der Waals surface area (Å²) in [5.74, 6) is -0.347. The van der Waals surface area contributed by atoms with E-state index < -0.39 is 0 Å². The van der Waals surface area contributed by atoms with Gasteiger partial charge in [0.15, 0.2) is 0 Å². The number of nitrogens with one attached hydrogen (secondary N) is 1. The van der Waals surface area contributed by atoms with Crippen molar-refractivity contribution in [3.63, 3.8) is 0 Å². The molecule has 1 aromatic rings. The fourth-order valence-electron chi connectivity index (χ4n) is 2.52. The molecule has 0 bridgehead atoms. The van der Waals surface area contributed by atoms with E-state index in [4.69, 9.17) is 11.6 Å². The fraction of sp³-hybridized carbons (Fsp3) is 0.600. The smallest absolute Gasteiger partial charge is 0.141 e. The number of hydrogen-bond acceptors (Lipinski definition) is 1. The minimum Gasteiger partial charge on any atom is -0.310 e. The Labute approximate surface area is 114 Å². The van der Waals surface area contributed by atoms with E-state index in [0.717, 1.165) is 12.1 Å². The van der Waals surface area contributed by atoms with Crippen LogP contribution in [0.5, 0.6) is 0 Å². The van der Waals surface area contributed by atoms with Crippen LogP contribution in [0.25, 0.3) is 0 Å². The van der Waals surface area contributed by atoms with Crippen LogP contribution in [-0.4, -0.2) is 6.04 Å². The van der Waals surface area contributed by atoms with Crippen molar-refractivity contribution in [3.8, 4) is 0 Å². The van der Waals surface area contributed by atoms with Crippen molar-refractivity contribution in [1.29, 1.82) is 0 Å². The van der Waals surface area contributed by atoms with Gasteiger partial charge < -0.3 is 5.32 Å². The summed E-state index contributed by atoms with van der Waals surface area (Å²) in [5, 5.41) is 3.75. The zero-order valence-corrected chi connectivity index (χ0v) is 11.9. The molecular weight excluding hydrogens is 249 g/mol. The van der Waals surface area contributed by atoms with Gasteiger partial charge in [0, 0.05) is 12.6 Å². The van der Waals surface area contributed by atoms with E-state index >= 15 is 0 Å². The second-order valence-electron chi connectivity index (χ2n) is 6.07. The second-order valence-corrected chi connectivity index (χ2v) is 6.48. The SMILES string of the molecule is CC1(C)CCC(NCc2ccc(F)c(Cl)c2)CC1. The van der Waals surface area contributed by atoms with Crippen molar-refractivity contribution in [2.24, 2.45) is 5.41 Å². The summed E-state index contributed by atoms with van der Waals surface area (Å²) in [7, 11) is 0. The highest BCUT2D eigenvalue weighted by Gasteiger charge is 2.26. The van der Waals surface area contributed by atoms with Gasteiger partial charge in [0.25, 0.3) is 0 Å². The minimum atomic E-state index is -0.347. The lowest BCUT2D eigenvalue weighted by molar-refractivity contribution is 0.206. The normalized spacial score (nSPS) is 20.0. The number of benzene rings is 1. The van der Waals surface area contributed by atoms with Crippen LogP contribution in [-0.2, 0) is 6.54 Å². The molecule has 0 unspecified atom stereocenters. The summed E-state index contributed by atoms with van der Waals surface area (Å²) in [5.41, 5.74) is 1.54. The van der Waals surface area contributed by atoms with E-state index in [2.05, 4.69) is 19.2 Å². The third-order valence-corrected chi connectivity index (χ3v) is 4.21. The Hall–Kier alpha value is -0.600. The molecule has 1 saturated carbocycles. The zero-order valence-electron chi connectivity index (χ0n) is 11.1. The zero-order chi connectivity index (χ0) is 13.2. The quantitative estimate of drug-likeness (QED) is 0.850. The lowest BCUT2D eigenvalue weighted by Crippen LogP contribution is -2.35. The van der Waals surface area contributed by atoms with Gasteiger partial charge in [-0.2, -0.15) is 0 Å². The second kappa shape index (κ2) is 5.58.